The molecule has 0 spiro atoms. The number of anilines is 4. The van der Waals surface area contributed by atoms with Gasteiger partial charge in [-0.3, -0.25) is 19.5 Å². The summed E-state index contributed by atoms with van der Waals surface area (Å²) in [6.45, 7) is 9.79. The second kappa shape index (κ2) is 14.3. The van der Waals surface area contributed by atoms with E-state index >= 15 is 0 Å². The molecule has 0 aliphatic carbocycles. The van der Waals surface area contributed by atoms with Crippen molar-refractivity contribution < 1.29 is 28.5 Å². The van der Waals surface area contributed by atoms with Gasteiger partial charge < -0.3 is 34.5 Å². The molecule has 0 saturated heterocycles. The molecule has 11 heteroatoms. The third kappa shape index (κ3) is 6.45. The molecule has 2 amide bonds. The highest BCUT2D eigenvalue weighted by atomic mass is 16.5. The zero-order valence-corrected chi connectivity index (χ0v) is 32.3. The van der Waals surface area contributed by atoms with Gasteiger partial charge in [0, 0.05) is 73.3 Å². The molecule has 54 heavy (non-hydrogen) atoms. The Hall–Kier alpha value is -5.71. The minimum Gasteiger partial charge on any atom is -0.493 e. The predicted octanol–water partition coefficient (Wildman–Crippen LogP) is 7.79. The van der Waals surface area contributed by atoms with E-state index in [4.69, 9.17) is 23.9 Å². The maximum atomic E-state index is 13.9. The van der Waals surface area contributed by atoms with Crippen LogP contribution in [0.1, 0.15) is 59.5 Å². The molecule has 0 aromatic heterocycles. The lowest BCUT2D eigenvalue weighted by Crippen LogP contribution is -2.42. The topological polar surface area (TPSA) is 114 Å². The fraction of sp³-hybridized carbons (Fsp3) is 0.372. The number of nitrogens with one attached hydrogen (secondary N) is 2. The number of fused-ring (bicyclic) bond motifs is 5. The molecule has 4 aromatic carbocycles. The summed E-state index contributed by atoms with van der Waals surface area (Å²) in [5.41, 5.74) is 6.50. The highest BCUT2D eigenvalue weighted by molar-refractivity contribution is 6.15. The Balaban J connectivity index is 1.06. The van der Waals surface area contributed by atoms with Crippen molar-refractivity contribution >= 4 is 46.5 Å². The van der Waals surface area contributed by atoms with Gasteiger partial charge in [0.2, 0.25) is 0 Å². The zero-order chi connectivity index (χ0) is 38.4. The molecule has 1 unspecified atom stereocenters. The van der Waals surface area contributed by atoms with E-state index in [1.165, 1.54) is 0 Å². The van der Waals surface area contributed by atoms with Crippen molar-refractivity contribution in [2.24, 2.45) is 15.8 Å². The van der Waals surface area contributed by atoms with Crippen LogP contribution in [0.4, 0.5) is 28.4 Å². The molecule has 0 saturated carbocycles. The molecule has 2 N–H and O–H groups in total. The molecule has 11 nitrogen and oxygen atoms in total. The van der Waals surface area contributed by atoms with Gasteiger partial charge in [-0.25, -0.2) is 0 Å². The van der Waals surface area contributed by atoms with Crippen LogP contribution < -0.4 is 39.4 Å². The van der Waals surface area contributed by atoms with E-state index in [2.05, 4.69) is 50.5 Å². The van der Waals surface area contributed by atoms with Crippen molar-refractivity contribution in [2.45, 2.75) is 46.6 Å². The first-order valence-electron chi connectivity index (χ1n) is 18.3. The number of nitrogens with zero attached hydrogens (tertiary/aromatic N) is 3. The Morgan fingerprint density at radius 3 is 2.19 bits per heavy atom. The monoisotopic (exact) mass is 731 g/mol. The van der Waals surface area contributed by atoms with Crippen molar-refractivity contribution in [3.63, 3.8) is 0 Å². The lowest BCUT2D eigenvalue weighted by atomic mass is 9.69. The van der Waals surface area contributed by atoms with Crippen molar-refractivity contribution in [1.29, 1.82) is 0 Å². The second-order valence-corrected chi connectivity index (χ2v) is 15.3. The van der Waals surface area contributed by atoms with Crippen LogP contribution in [0.15, 0.2) is 71.7 Å². The van der Waals surface area contributed by atoms with E-state index in [0.29, 0.717) is 65.3 Å². The summed E-state index contributed by atoms with van der Waals surface area (Å²) in [6, 6.07) is 21.0. The fourth-order valence-corrected chi connectivity index (χ4v) is 7.23. The number of hydrogen-bond donors (Lipinski definition) is 2. The van der Waals surface area contributed by atoms with E-state index in [-0.39, 0.29) is 17.9 Å². The third-order valence-corrected chi connectivity index (χ3v) is 11.5. The summed E-state index contributed by atoms with van der Waals surface area (Å²) in [7, 11) is 6.84. The number of rotatable bonds is 12. The molecule has 0 fully saturated rings. The lowest BCUT2D eigenvalue weighted by molar-refractivity contribution is 0.00907. The summed E-state index contributed by atoms with van der Waals surface area (Å²) in [6.07, 6.45) is 3.37. The molecule has 282 valence electrons. The van der Waals surface area contributed by atoms with E-state index in [1.54, 1.807) is 39.5 Å². The number of carbonyl (C=O) groups excluding carboxylic acids is 2. The number of ether oxygens (including phenoxy) is 4. The maximum Gasteiger partial charge on any atom is 0.261 e. The van der Waals surface area contributed by atoms with E-state index in [1.807, 2.05) is 59.5 Å². The normalized spacial score (nSPS) is 15.9. The van der Waals surface area contributed by atoms with Gasteiger partial charge in [-0.05, 0) is 53.9 Å². The summed E-state index contributed by atoms with van der Waals surface area (Å²) >= 11 is 0. The molecule has 4 aromatic rings. The summed E-state index contributed by atoms with van der Waals surface area (Å²) in [5, 5.41) is 6.37. The molecule has 3 heterocycles. The minimum atomic E-state index is -0.401. The molecule has 7 rings (SSSR count). The van der Waals surface area contributed by atoms with Crippen LogP contribution in [0.25, 0.3) is 0 Å². The van der Waals surface area contributed by atoms with Crippen LogP contribution in [0.3, 0.4) is 0 Å². The molecule has 3 aliphatic rings. The van der Waals surface area contributed by atoms with E-state index in [9.17, 15) is 9.59 Å². The summed E-state index contributed by atoms with van der Waals surface area (Å²) < 4.78 is 24.5. The van der Waals surface area contributed by atoms with Crippen LogP contribution in [-0.4, -0.2) is 72.1 Å². The highest BCUT2D eigenvalue weighted by Crippen LogP contribution is 2.45. The largest absolute Gasteiger partial charge is 0.493 e. The van der Waals surface area contributed by atoms with Gasteiger partial charge in [-0.15, -0.1) is 0 Å². The van der Waals surface area contributed by atoms with Gasteiger partial charge in [0.25, 0.3) is 11.8 Å². The van der Waals surface area contributed by atoms with Gasteiger partial charge in [0.1, 0.15) is 0 Å². The van der Waals surface area contributed by atoms with Gasteiger partial charge >= 0.3 is 0 Å². The average molecular weight is 732 g/mol. The number of aliphatic imine (C=N–C) groups is 1. The highest BCUT2D eigenvalue weighted by Gasteiger charge is 2.40. The molecule has 0 bridgehead atoms. The third-order valence-electron chi connectivity index (χ3n) is 11.5. The SMILES string of the molecule is CNc1ccc2c(c1)CCN2C(=O)c1cc(OC)c(OCC(C)(C)C(C)(C)COc2cc3c(cc2OC)C(=O)N2c4ccccc4CC2C=N3)cc1NC. The molecule has 0 radical (unpaired) electrons. The maximum absolute atomic E-state index is 13.9. The van der Waals surface area contributed by atoms with Crippen molar-refractivity contribution in [2.75, 3.05) is 68.5 Å². The summed E-state index contributed by atoms with van der Waals surface area (Å²) in [5.74, 6) is 1.76. The van der Waals surface area contributed by atoms with Crippen LogP contribution >= 0.6 is 0 Å². The minimum absolute atomic E-state index is 0.104. The molecule has 1 atom stereocenters. The Labute approximate surface area is 317 Å². The number of carbonyl (C=O) groups is 2. The van der Waals surface area contributed by atoms with Gasteiger partial charge in [0.05, 0.1) is 56.0 Å². The number of para-hydroxylation sites is 1. The predicted molar refractivity (Wildman–Crippen MR) is 214 cm³/mol. The lowest BCUT2D eigenvalue weighted by Gasteiger charge is -2.41. The van der Waals surface area contributed by atoms with Gasteiger partial charge in [-0.2, -0.15) is 0 Å². The molecular weight excluding hydrogens is 683 g/mol. The average Bonchev–Trinajstić information content (AvgIpc) is 3.75. The van der Waals surface area contributed by atoms with Crippen LogP contribution in [-0.2, 0) is 12.8 Å². The van der Waals surface area contributed by atoms with Crippen LogP contribution in [0.2, 0.25) is 0 Å². The van der Waals surface area contributed by atoms with E-state index < -0.39 is 10.8 Å². The van der Waals surface area contributed by atoms with Crippen molar-refractivity contribution in [3.8, 4) is 23.0 Å². The number of benzene rings is 4. The zero-order valence-electron chi connectivity index (χ0n) is 32.3. The second-order valence-electron chi connectivity index (χ2n) is 15.3. The Morgan fingerprint density at radius 2 is 1.50 bits per heavy atom. The van der Waals surface area contributed by atoms with Gasteiger partial charge in [0.15, 0.2) is 23.0 Å². The summed E-state index contributed by atoms with van der Waals surface area (Å²) in [4.78, 5) is 36.2. The Morgan fingerprint density at radius 1 is 0.815 bits per heavy atom. The first kappa shape index (κ1) is 36.6. The van der Waals surface area contributed by atoms with Crippen LogP contribution in [0.5, 0.6) is 23.0 Å². The molecular formula is C43H49N5O6. The Bertz CT molecular complexity index is 2140. The Kier molecular flexibility index (Phi) is 9.68. The van der Waals surface area contributed by atoms with Gasteiger partial charge in [-0.1, -0.05) is 45.9 Å². The number of hydrogen-bond acceptors (Lipinski definition) is 9. The fourth-order valence-electron chi connectivity index (χ4n) is 7.23. The first-order valence-corrected chi connectivity index (χ1v) is 18.3. The van der Waals surface area contributed by atoms with Crippen molar-refractivity contribution in [3.05, 3.63) is 89.0 Å². The quantitative estimate of drug-likeness (QED) is 0.152. The molecule has 3 aliphatic heterocycles. The smallest absolute Gasteiger partial charge is 0.261 e. The first-order chi connectivity index (χ1) is 25.9. The van der Waals surface area contributed by atoms with Crippen molar-refractivity contribution in [1.82, 2.24) is 0 Å². The van der Waals surface area contributed by atoms with E-state index in [0.717, 1.165) is 41.0 Å². The number of methoxy groups -OCH3 is 2. The number of amides is 2. The van der Waals surface area contributed by atoms with Crippen LogP contribution in [0, 0.1) is 10.8 Å². The standard InChI is InChI=1S/C43H49N5O6/c1-42(2,24-53-38-21-32(45-6)30(19-36(38)51-7)40(49)47-16-15-27-17-28(44-5)13-14-34(27)47)43(3,4)25-54-39-22-33-31(20-37(39)52-8)41(50)48-29(23-46-33)18-26-11-9-10-12-35(26)48/h9-14,17,19-23,29,44-45H,15-16,18,24-25H2,1-8H3.